The molecule has 0 atom stereocenters. The first-order valence-electron chi connectivity index (χ1n) is 5.84. The van der Waals surface area contributed by atoms with Crippen LogP contribution in [0.3, 0.4) is 0 Å². The molecular formula is C13H16FNO4. The standard InChI is InChI=1S/C13H16FNO4/c1-3-15(7-6-12(16)17)13(18)10-5-4-9(19-2)8-11(10)14/h4-5,8H,3,6-7H2,1-2H3,(H,16,17). The van der Waals surface area contributed by atoms with Gasteiger partial charge in [0, 0.05) is 19.2 Å². The first kappa shape index (κ1) is 14.9. The third-order valence-electron chi connectivity index (χ3n) is 2.67. The van der Waals surface area contributed by atoms with E-state index in [1.807, 2.05) is 0 Å². The Morgan fingerprint density at radius 2 is 2.11 bits per heavy atom. The van der Waals surface area contributed by atoms with E-state index >= 15 is 0 Å². The molecule has 19 heavy (non-hydrogen) atoms. The SMILES string of the molecule is CCN(CCC(=O)O)C(=O)c1ccc(OC)cc1F. The van der Waals surface area contributed by atoms with Gasteiger partial charge in [-0.15, -0.1) is 0 Å². The van der Waals surface area contributed by atoms with E-state index < -0.39 is 17.7 Å². The highest BCUT2D eigenvalue weighted by Gasteiger charge is 2.19. The number of carbonyl (C=O) groups is 2. The number of benzene rings is 1. The van der Waals surface area contributed by atoms with Crippen LogP contribution in [0.2, 0.25) is 0 Å². The van der Waals surface area contributed by atoms with Crippen molar-refractivity contribution in [3.63, 3.8) is 0 Å². The molecule has 0 unspecified atom stereocenters. The summed E-state index contributed by atoms with van der Waals surface area (Å²) in [4.78, 5) is 23.9. The van der Waals surface area contributed by atoms with Crippen molar-refractivity contribution in [1.29, 1.82) is 0 Å². The second-order valence-electron chi connectivity index (χ2n) is 3.87. The minimum Gasteiger partial charge on any atom is -0.497 e. The van der Waals surface area contributed by atoms with Crippen molar-refractivity contribution in [2.24, 2.45) is 0 Å². The number of methoxy groups -OCH3 is 1. The molecule has 0 radical (unpaired) electrons. The lowest BCUT2D eigenvalue weighted by Gasteiger charge is -2.20. The van der Waals surface area contributed by atoms with E-state index in [0.717, 1.165) is 6.07 Å². The quantitative estimate of drug-likeness (QED) is 0.854. The van der Waals surface area contributed by atoms with Crippen LogP contribution in [0.4, 0.5) is 4.39 Å². The predicted molar refractivity (Wildman–Crippen MR) is 66.8 cm³/mol. The predicted octanol–water partition coefficient (Wildman–Crippen LogP) is 1.77. The molecule has 0 spiro atoms. The van der Waals surface area contributed by atoms with E-state index in [-0.39, 0.29) is 18.5 Å². The molecule has 0 aliphatic heterocycles. The highest BCUT2D eigenvalue weighted by atomic mass is 19.1. The van der Waals surface area contributed by atoms with Gasteiger partial charge in [0.15, 0.2) is 0 Å². The van der Waals surface area contributed by atoms with Gasteiger partial charge >= 0.3 is 5.97 Å². The van der Waals surface area contributed by atoms with E-state index in [1.54, 1.807) is 6.92 Å². The zero-order chi connectivity index (χ0) is 14.4. The summed E-state index contributed by atoms with van der Waals surface area (Å²) in [7, 11) is 1.40. The minimum atomic E-state index is -0.999. The number of amides is 1. The van der Waals surface area contributed by atoms with Crippen LogP contribution < -0.4 is 4.74 Å². The molecule has 1 aromatic rings. The van der Waals surface area contributed by atoms with Gasteiger partial charge in [-0.1, -0.05) is 0 Å². The molecule has 1 N–H and O–H groups in total. The minimum absolute atomic E-state index is 0.0517. The number of hydrogen-bond acceptors (Lipinski definition) is 3. The van der Waals surface area contributed by atoms with Gasteiger partial charge in [0.2, 0.25) is 0 Å². The summed E-state index contributed by atoms with van der Waals surface area (Å²) in [6.07, 6.45) is -0.169. The van der Waals surface area contributed by atoms with Gasteiger partial charge in [-0.3, -0.25) is 9.59 Å². The molecule has 5 nitrogen and oxygen atoms in total. The normalized spacial score (nSPS) is 10.1. The molecule has 0 saturated carbocycles. The number of carbonyl (C=O) groups excluding carboxylic acids is 1. The highest BCUT2D eigenvalue weighted by Crippen LogP contribution is 2.17. The Morgan fingerprint density at radius 1 is 1.42 bits per heavy atom. The van der Waals surface area contributed by atoms with Gasteiger partial charge in [-0.25, -0.2) is 4.39 Å². The second-order valence-corrected chi connectivity index (χ2v) is 3.87. The van der Waals surface area contributed by atoms with Crippen LogP contribution in [0, 0.1) is 5.82 Å². The maximum Gasteiger partial charge on any atom is 0.305 e. The molecule has 1 aromatic carbocycles. The number of hydrogen-bond donors (Lipinski definition) is 1. The smallest absolute Gasteiger partial charge is 0.305 e. The lowest BCUT2D eigenvalue weighted by Crippen LogP contribution is -2.33. The van der Waals surface area contributed by atoms with Gasteiger partial charge in [-0.05, 0) is 19.1 Å². The molecule has 104 valence electrons. The number of ether oxygens (including phenoxy) is 1. The van der Waals surface area contributed by atoms with E-state index in [1.165, 1.54) is 24.1 Å². The molecule has 0 bridgehead atoms. The zero-order valence-corrected chi connectivity index (χ0v) is 10.9. The molecule has 0 saturated heterocycles. The van der Waals surface area contributed by atoms with Crippen molar-refractivity contribution < 1.29 is 23.8 Å². The third-order valence-corrected chi connectivity index (χ3v) is 2.67. The van der Waals surface area contributed by atoms with Crippen molar-refractivity contribution in [3.05, 3.63) is 29.6 Å². The van der Waals surface area contributed by atoms with E-state index in [9.17, 15) is 14.0 Å². The monoisotopic (exact) mass is 269 g/mol. The molecule has 0 aliphatic carbocycles. The molecule has 0 aliphatic rings. The summed E-state index contributed by atoms with van der Waals surface area (Å²) in [5.74, 6) is -1.88. The van der Waals surface area contributed by atoms with Crippen molar-refractivity contribution in [2.45, 2.75) is 13.3 Å². The van der Waals surface area contributed by atoms with Crippen LogP contribution in [-0.2, 0) is 4.79 Å². The highest BCUT2D eigenvalue weighted by molar-refractivity contribution is 5.94. The number of carboxylic acids is 1. The number of aliphatic carboxylic acids is 1. The van der Waals surface area contributed by atoms with Crippen LogP contribution in [0.15, 0.2) is 18.2 Å². The molecular weight excluding hydrogens is 253 g/mol. The molecule has 1 rings (SSSR count). The van der Waals surface area contributed by atoms with Crippen molar-refractivity contribution >= 4 is 11.9 Å². The third kappa shape index (κ3) is 3.94. The number of carboxylic acid groups (broad SMARTS) is 1. The lowest BCUT2D eigenvalue weighted by molar-refractivity contribution is -0.137. The first-order chi connectivity index (χ1) is 8.99. The Bertz CT molecular complexity index is 476. The Kier molecular flexibility index (Phi) is 5.29. The zero-order valence-electron chi connectivity index (χ0n) is 10.9. The number of halogens is 1. The molecule has 0 fully saturated rings. The van der Waals surface area contributed by atoms with E-state index in [0.29, 0.717) is 12.3 Å². The number of rotatable bonds is 6. The van der Waals surface area contributed by atoms with Crippen molar-refractivity contribution in [2.75, 3.05) is 20.2 Å². The topological polar surface area (TPSA) is 66.8 Å². The average Bonchev–Trinajstić information content (AvgIpc) is 2.38. The Balaban J connectivity index is 2.88. The summed E-state index contributed by atoms with van der Waals surface area (Å²) in [5, 5.41) is 8.60. The molecule has 1 amide bonds. The van der Waals surface area contributed by atoms with Gasteiger partial charge in [0.1, 0.15) is 11.6 Å². The average molecular weight is 269 g/mol. The van der Waals surface area contributed by atoms with Gasteiger partial charge in [-0.2, -0.15) is 0 Å². The largest absolute Gasteiger partial charge is 0.497 e. The molecule has 0 aromatic heterocycles. The van der Waals surface area contributed by atoms with Crippen LogP contribution >= 0.6 is 0 Å². The van der Waals surface area contributed by atoms with Gasteiger partial charge in [0.05, 0.1) is 19.1 Å². The maximum absolute atomic E-state index is 13.7. The maximum atomic E-state index is 13.7. The Labute approximate surface area is 110 Å². The molecule has 0 heterocycles. The van der Waals surface area contributed by atoms with Gasteiger partial charge in [0.25, 0.3) is 5.91 Å². The van der Waals surface area contributed by atoms with Crippen LogP contribution in [0.1, 0.15) is 23.7 Å². The fraction of sp³-hybridized carbons (Fsp3) is 0.385. The van der Waals surface area contributed by atoms with Gasteiger partial charge < -0.3 is 14.7 Å². The number of nitrogens with zero attached hydrogens (tertiary/aromatic N) is 1. The second kappa shape index (κ2) is 6.72. The van der Waals surface area contributed by atoms with Crippen LogP contribution in [-0.4, -0.2) is 42.1 Å². The Hall–Kier alpha value is -2.11. The van der Waals surface area contributed by atoms with E-state index in [2.05, 4.69) is 0 Å². The molecule has 6 heteroatoms. The van der Waals surface area contributed by atoms with Crippen LogP contribution in [0.25, 0.3) is 0 Å². The fourth-order valence-electron chi connectivity index (χ4n) is 1.60. The van der Waals surface area contributed by atoms with Crippen LogP contribution in [0.5, 0.6) is 5.75 Å². The van der Waals surface area contributed by atoms with E-state index in [4.69, 9.17) is 9.84 Å². The summed E-state index contributed by atoms with van der Waals surface area (Å²) < 4.78 is 18.6. The first-order valence-corrected chi connectivity index (χ1v) is 5.84. The summed E-state index contributed by atoms with van der Waals surface area (Å²) >= 11 is 0. The summed E-state index contributed by atoms with van der Waals surface area (Å²) in [6.45, 7) is 2.08. The fourth-order valence-corrected chi connectivity index (χ4v) is 1.60. The van der Waals surface area contributed by atoms with Crippen molar-refractivity contribution in [3.8, 4) is 5.75 Å². The Morgan fingerprint density at radius 3 is 2.58 bits per heavy atom. The lowest BCUT2D eigenvalue weighted by atomic mass is 10.1. The summed E-state index contributed by atoms with van der Waals surface area (Å²) in [6, 6.07) is 3.94. The summed E-state index contributed by atoms with van der Waals surface area (Å²) in [5.41, 5.74) is -0.0898. The van der Waals surface area contributed by atoms with Crippen molar-refractivity contribution in [1.82, 2.24) is 4.90 Å².